The van der Waals surface area contributed by atoms with Gasteiger partial charge in [0.15, 0.2) is 0 Å². The highest BCUT2D eigenvalue weighted by molar-refractivity contribution is 5.68. The summed E-state index contributed by atoms with van der Waals surface area (Å²) in [7, 11) is 0. The second kappa shape index (κ2) is 6.83. The fourth-order valence-corrected chi connectivity index (χ4v) is 3.61. The second-order valence-corrected chi connectivity index (χ2v) is 6.12. The quantitative estimate of drug-likeness (QED) is 0.699. The van der Waals surface area contributed by atoms with Crippen molar-refractivity contribution in [3.05, 3.63) is 71.4 Å². The molecule has 114 valence electrons. The van der Waals surface area contributed by atoms with Crippen LogP contribution in [0.25, 0.3) is 6.08 Å². The van der Waals surface area contributed by atoms with E-state index in [1.165, 1.54) is 49.9 Å². The van der Waals surface area contributed by atoms with Crippen LogP contribution in [-0.4, -0.2) is 13.1 Å². The van der Waals surface area contributed by atoms with Crippen LogP contribution < -0.4 is 4.90 Å². The fraction of sp³-hybridized carbons (Fsp3) is 0.333. The van der Waals surface area contributed by atoms with Crippen molar-refractivity contribution >= 4 is 11.8 Å². The highest BCUT2D eigenvalue weighted by Gasteiger charge is 2.23. The Balaban J connectivity index is 1.93. The Morgan fingerprint density at radius 3 is 2.36 bits per heavy atom. The molecule has 0 aromatic heterocycles. The van der Waals surface area contributed by atoms with Gasteiger partial charge in [-0.1, -0.05) is 43.0 Å². The van der Waals surface area contributed by atoms with Gasteiger partial charge < -0.3 is 4.90 Å². The van der Waals surface area contributed by atoms with Gasteiger partial charge in [-0.05, 0) is 67.0 Å². The molecule has 0 aliphatic carbocycles. The van der Waals surface area contributed by atoms with E-state index in [0.29, 0.717) is 0 Å². The maximum absolute atomic E-state index is 3.79. The van der Waals surface area contributed by atoms with Crippen molar-refractivity contribution in [3.8, 4) is 0 Å². The average molecular weight is 291 g/mol. The topological polar surface area (TPSA) is 3.24 Å². The Kier molecular flexibility index (Phi) is 4.62. The van der Waals surface area contributed by atoms with E-state index in [2.05, 4.69) is 47.9 Å². The molecule has 3 rings (SSSR count). The molecule has 1 nitrogen and oxygen atoms in total. The number of hydrogen-bond acceptors (Lipinski definition) is 1. The molecule has 1 aromatic carbocycles. The van der Waals surface area contributed by atoms with Gasteiger partial charge in [0.1, 0.15) is 0 Å². The summed E-state index contributed by atoms with van der Waals surface area (Å²) in [5.41, 5.74) is 7.15. The summed E-state index contributed by atoms with van der Waals surface area (Å²) in [5, 5.41) is 0. The third kappa shape index (κ3) is 3.09. The highest BCUT2D eigenvalue weighted by Crippen LogP contribution is 2.36. The summed E-state index contributed by atoms with van der Waals surface area (Å²) in [5.74, 6) is 0. The van der Waals surface area contributed by atoms with Crippen LogP contribution in [0.15, 0.2) is 54.7 Å². The first kappa shape index (κ1) is 14.9. The molecule has 0 bridgehead atoms. The van der Waals surface area contributed by atoms with Gasteiger partial charge in [-0.2, -0.15) is 0 Å². The second-order valence-electron chi connectivity index (χ2n) is 6.12. The van der Waals surface area contributed by atoms with Crippen LogP contribution in [0.5, 0.6) is 0 Å². The highest BCUT2D eigenvalue weighted by atomic mass is 15.1. The third-order valence-corrected chi connectivity index (χ3v) is 4.49. The molecule has 0 unspecified atom stereocenters. The third-order valence-electron chi connectivity index (χ3n) is 4.49. The van der Waals surface area contributed by atoms with E-state index in [9.17, 15) is 0 Å². The zero-order chi connectivity index (χ0) is 15.4. The summed E-state index contributed by atoms with van der Waals surface area (Å²) in [6.07, 6.45) is 17.5. The summed E-state index contributed by atoms with van der Waals surface area (Å²) in [6.45, 7) is 8.31. The van der Waals surface area contributed by atoms with Gasteiger partial charge in [-0.15, -0.1) is 0 Å². The zero-order valence-electron chi connectivity index (χ0n) is 13.5. The lowest BCUT2D eigenvalue weighted by atomic mass is 9.90. The molecule has 0 saturated heterocycles. The van der Waals surface area contributed by atoms with Crippen LogP contribution in [-0.2, 0) is 12.8 Å². The van der Waals surface area contributed by atoms with Gasteiger partial charge in [-0.3, -0.25) is 0 Å². The van der Waals surface area contributed by atoms with E-state index in [0.717, 1.165) is 0 Å². The molecule has 0 radical (unpaired) electrons. The largest absolute Gasteiger partial charge is 0.371 e. The molecule has 2 heterocycles. The van der Waals surface area contributed by atoms with Crippen LogP contribution in [0.4, 0.5) is 5.69 Å². The van der Waals surface area contributed by atoms with Crippen molar-refractivity contribution in [2.75, 3.05) is 18.0 Å². The van der Waals surface area contributed by atoms with Gasteiger partial charge in [0, 0.05) is 18.8 Å². The standard InChI is InChI=1S/C21H25N/c1-3-7-17(8-4-2)11-12-18-15-19-9-5-13-22-14-6-10-20(16-18)21(19)22/h3-4,7-8,11-12,15-16H,1,5-6,9-10,13-14H2,2H3/b8-4-,12-11+,17-7+. The molecule has 0 spiro atoms. The van der Waals surface area contributed by atoms with Crippen molar-refractivity contribution in [1.29, 1.82) is 0 Å². The van der Waals surface area contributed by atoms with Gasteiger partial charge in [0.05, 0.1) is 0 Å². The number of allylic oxidation sites excluding steroid dienone is 6. The van der Waals surface area contributed by atoms with Crippen LogP contribution in [0.3, 0.4) is 0 Å². The van der Waals surface area contributed by atoms with E-state index in [1.54, 1.807) is 16.8 Å². The monoisotopic (exact) mass is 291 g/mol. The molecule has 2 aliphatic rings. The Hall–Kier alpha value is -2.02. The number of aryl methyl sites for hydroxylation is 2. The fourth-order valence-electron chi connectivity index (χ4n) is 3.61. The van der Waals surface area contributed by atoms with Gasteiger partial charge >= 0.3 is 0 Å². The van der Waals surface area contributed by atoms with E-state index < -0.39 is 0 Å². The van der Waals surface area contributed by atoms with E-state index in [4.69, 9.17) is 0 Å². The Morgan fingerprint density at radius 1 is 1.09 bits per heavy atom. The smallest absolute Gasteiger partial charge is 0.0431 e. The van der Waals surface area contributed by atoms with Crippen LogP contribution in [0, 0.1) is 0 Å². The van der Waals surface area contributed by atoms with Crippen molar-refractivity contribution in [2.45, 2.75) is 32.6 Å². The molecule has 0 fully saturated rings. The summed E-state index contributed by atoms with van der Waals surface area (Å²) in [6, 6.07) is 4.77. The molecule has 22 heavy (non-hydrogen) atoms. The lowest BCUT2D eigenvalue weighted by molar-refractivity contribution is 0.634. The van der Waals surface area contributed by atoms with Crippen LogP contribution in [0.2, 0.25) is 0 Å². The molecular weight excluding hydrogens is 266 g/mol. The van der Waals surface area contributed by atoms with Crippen molar-refractivity contribution in [2.24, 2.45) is 0 Å². The van der Waals surface area contributed by atoms with E-state index >= 15 is 0 Å². The summed E-state index contributed by atoms with van der Waals surface area (Å²) < 4.78 is 0. The first-order valence-electron chi connectivity index (χ1n) is 8.36. The maximum Gasteiger partial charge on any atom is 0.0431 e. The van der Waals surface area contributed by atoms with Gasteiger partial charge in [-0.25, -0.2) is 0 Å². The zero-order valence-corrected chi connectivity index (χ0v) is 13.5. The molecule has 1 aromatic rings. The van der Waals surface area contributed by atoms with Crippen molar-refractivity contribution in [1.82, 2.24) is 0 Å². The summed E-state index contributed by atoms with van der Waals surface area (Å²) >= 11 is 0. The lowest BCUT2D eigenvalue weighted by Crippen LogP contribution is -2.34. The minimum Gasteiger partial charge on any atom is -0.371 e. The number of nitrogens with zero attached hydrogens (tertiary/aromatic N) is 1. The number of anilines is 1. The molecule has 2 aliphatic heterocycles. The molecular formula is C21H25N. The Labute approximate surface area is 134 Å². The SMILES string of the molecule is C=C/C=C(\C=C/C)/C=C/c1cc2c3c(c1)CCCN3CCC2. The average Bonchev–Trinajstić information content (AvgIpc) is 2.54. The minimum atomic E-state index is 1.19. The van der Waals surface area contributed by atoms with Gasteiger partial charge in [0.2, 0.25) is 0 Å². The number of benzene rings is 1. The Bertz CT molecular complexity index is 615. The molecule has 0 saturated carbocycles. The molecule has 0 N–H and O–H groups in total. The van der Waals surface area contributed by atoms with Crippen molar-refractivity contribution < 1.29 is 0 Å². The normalized spacial score (nSPS) is 18.0. The molecule has 0 atom stereocenters. The summed E-state index contributed by atoms with van der Waals surface area (Å²) in [4.78, 5) is 2.59. The Morgan fingerprint density at radius 2 is 1.77 bits per heavy atom. The predicted molar refractivity (Wildman–Crippen MR) is 97.4 cm³/mol. The van der Waals surface area contributed by atoms with Crippen LogP contribution in [0.1, 0.15) is 36.5 Å². The minimum absolute atomic E-state index is 1.19. The first-order chi connectivity index (χ1) is 10.8. The number of hydrogen-bond donors (Lipinski definition) is 0. The van der Waals surface area contributed by atoms with E-state index in [1.807, 2.05) is 19.1 Å². The van der Waals surface area contributed by atoms with E-state index in [-0.39, 0.29) is 0 Å². The first-order valence-corrected chi connectivity index (χ1v) is 8.36. The molecule has 0 amide bonds. The van der Waals surface area contributed by atoms with Crippen LogP contribution >= 0.6 is 0 Å². The predicted octanol–water partition coefficient (Wildman–Crippen LogP) is 5.09. The maximum atomic E-state index is 3.79. The lowest BCUT2D eigenvalue weighted by Gasteiger charge is -2.37. The van der Waals surface area contributed by atoms with Gasteiger partial charge in [0.25, 0.3) is 0 Å². The molecule has 1 heteroatoms. The number of rotatable bonds is 4. The van der Waals surface area contributed by atoms with Crippen molar-refractivity contribution in [3.63, 3.8) is 0 Å².